The van der Waals surface area contributed by atoms with Crippen LogP contribution in [0.4, 0.5) is 0 Å². The average Bonchev–Trinajstić information content (AvgIpc) is 2.87. The molecule has 2 N–H and O–H groups in total. The van der Waals surface area contributed by atoms with E-state index in [0.717, 1.165) is 18.9 Å². The fourth-order valence-electron chi connectivity index (χ4n) is 5.58. The first-order chi connectivity index (χ1) is 12.5. The third kappa shape index (κ3) is 2.87. The van der Waals surface area contributed by atoms with Crippen molar-refractivity contribution in [3.63, 3.8) is 0 Å². The standard InChI is InChI=1S/C21H26O6/c1-19(2)9-6-10-20(3)17(19)14(15(22)7-4-5-8-16(23)24)11-13-12-27-18(25)21(13,20)26/h4-5,7-8,11,14,17,26H,6,9-10,12H2,1-3H3,(H,23,24)/b7-4+,8-5+/t14-,17-,20-,21-/m0/s1. The van der Waals surface area contributed by atoms with E-state index < -0.39 is 28.9 Å². The highest BCUT2D eigenvalue weighted by molar-refractivity contribution is 5.96. The molecule has 1 aliphatic heterocycles. The van der Waals surface area contributed by atoms with E-state index in [1.807, 2.05) is 6.92 Å². The summed E-state index contributed by atoms with van der Waals surface area (Å²) >= 11 is 0. The molecule has 3 aliphatic rings. The highest BCUT2D eigenvalue weighted by atomic mass is 16.6. The second kappa shape index (κ2) is 6.44. The fourth-order valence-corrected chi connectivity index (χ4v) is 5.58. The number of aliphatic hydroxyl groups is 1. The molecule has 0 spiro atoms. The lowest BCUT2D eigenvalue weighted by Crippen LogP contribution is -2.64. The number of carboxylic acids is 1. The number of rotatable bonds is 4. The number of cyclic esters (lactones) is 1. The average molecular weight is 374 g/mol. The Labute approximate surface area is 158 Å². The molecular weight excluding hydrogens is 348 g/mol. The van der Waals surface area contributed by atoms with Crippen molar-refractivity contribution in [2.75, 3.05) is 6.61 Å². The van der Waals surface area contributed by atoms with Crippen LogP contribution in [0.1, 0.15) is 40.0 Å². The van der Waals surface area contributed by atoms with E-state index >= 15 is 0 Å². The first-order valence-corrected chi connectivity index (χ1v) is 9.26. The van der Waals surface area contributed by atoms with Crippen LogP contribution in [0.3, 0.4) is 0 Å². The number of hydrogen-bond donors (Lipinski definition) is 2. The molecule has 0 radical (unpaired) electrons. The molecule has 0 unspecified atom stereocenters. The molecule has 2 fully saturated rings. The zero-order chi connectivity index (χ0) is 20.0. The molecule has 27 heavy (non-hydrogen) atoms. The molecular formula is C21H26O6. The number of carbonyl (C=O) groups is 3. The Balaban J connectivity index is 2.06. The van der Waals surface area contributed by atoms with Crippen LogP contribution >= 0.6 is 0 Å². The minimum absolute atomic E-state index is 0.00445. The Bertz CT molecular complexity index is 774. The van der Waals surface area contributed by atoms with Crippen LogP contribution in [0.25, 0.3) is 0 Å². The van der Waals surface area contributed by atoms with Crippen LogP contribution in [0.2, 0.25) is 0 Å². The van der Waals surface area contributed by atoms with Gasteiger partial charge < -0.3 is 14.9 Å². The lowest BCUT2D eigenvalue weighted by Gasteiger charge is -2.59. The van der Waals surface area contributed by atoms with Gasteiger partial charge >= 0.3 is 11.9 Å². The van der Waals surface area contributed by atoms with Crippen molar-refractivity contribution in [2.45, 2.75) is 45.6 Å². The van der Waals surface area contributed by atoms with E-state index in [9.17, 15) is 19.5 Å². The Hall–Kier alpha value is -2.21. The molecule has 0 bridgehead atoms. The van der Waals surface area contributed by atoms with E-state index in [2.05, 4.69) is 13.8 Å². The van der Waals surface area contributed by atoms with Crippen molar-refractivity contribution in [2.24, 2.45) is 22.7 Å². The molecule has 0 amide bonds. The van der Waals surface area contributed by atoms with E-state index in [4.69, 9.17) is 9.84 Å². The highest BCUT2D eigenvalue weighted by Crippen LogP contribution is 2.64. The third-order valence-electron chi connectivity index (χ3n) is 6.67. The van der Waals surface area contributed by atoms with Gasteiger partial charge in [-0.3, -0.25) is 4.79 Å². The zero-order valence-electron chi connectivity index (χ0n) is 15.9. The topological polar surface area (TPSA) is 101 Å². The smallest absolute Gasteiger partial charge is 0.343 e. The molecule has 4 atom stereocenters. The summed E-state index contributed by atoms with van der Waals surface area (Å²) in [6.45, 7) is 6.05. The summed E-state index contributed by atoms with van der Waals surface area (Å²) in [6, 6.07) is 0. The van der Waals surface area contributed by atoms with Crippen molar-refractivity contribution >= 4 is 17.7 Å². The summed E-state index contributed by atoms with van der Waals surface area (Å²) < 4.78 is 5.18. The quantitative estimate of drug-likeness (QED) is 0.339. The zero-order valence-corrected chi connectivity index (χ0v) is 15.9. The first-order valence-electron chi connectivity index (χ1n) is 9.26. The maximum absolute atomic E-state index is 13.0. The molecule has 146 valence electrons. The minimum atomic E-state index is -1.68. The second-order valence-corrected chi connectivity index (χ2v) is 8.70. The van der Waals surface area contributed by atoms with Crippen molar-refractivity contribution in [3.05, 3.63) is 36.0 Å². The van der Waals surface area contributed by atoms with Gasteiger partial charge in [-0.25, -0.2) is 9.59 Å². The summed E-state index contributed by atoms with van der Waals surface area (Å²) in [6.07, 6.45) is 9.15. The van der Waals surface area contributed by atoms with Crippen LogP contribution in [-0.4, -0.2) is 40.1 Å². The first kappa shape index (κ1) is 19.5. The molecule has 1 saturated carbocycles. The molecule has 1 saturated heterocycles. The van der Waals surface area contributed by atoms with Crippen molar-refractivity contribution in [3.8, 4) is 0 Å². The van der Waals surface area contributed by atoms with Crippen LogP contribution < -0.4 is 0 Å². The lowest BCUT2D eigenvalue weighted by molar-refractivity contribution is -0.184. The van der Waals surface area contributed by atoms with Gasteiger partial charge in [0.15, 0.2) is 11.4 Å². The van der Waals surface area contributed by atoms with Crippen molar-refractivity contribution < 1.29 is 29.3 Å². The molecule has 6 nitrogen and oxygen atoms in total. The van der Waals surface area contributed by atoms with Gasteiger partial charge in [0.05, 0.1) is 0 Å². The van der Waals surface area contributed by atoms with E-state index in [0.29, 0.717) is 12.0 Å². The van der Waals surface area contributed by atoms with Gasteiger partial charge in [-0.05, 0) is 30.3 Å². The molecule has 1 heterocycles. The number of carboxylic acid groups (broad SMARTS) is 1. The Kier molecular flexibility index (Phi) is 4.67. The molecule has 0 aromatic heterocycles. The normalized spacial score (nSPS) is 37.6. The van der Waals surface area contributed by atoms with Crippen LogP contribution in [0.5, 0.6) is 0 Å². The fraction of sp³-hybridized carbons (Fsp3) is 0.571. The van der Waals surface area contributed by atoms with Crippen LogP contribution in [-0.2, 0) is 19.1 Å². The predicted octanol–water partition coefficient (Wildman–Crippen LogP) is 2.43. The van der Waals surface area contributed by atoms with Gasteiger partial charge in [0.1, 0.15) is 6.61 Å². The molecule has 3 rings (SSSR count). The number of hydrogen-bond acceptors (Lipinski definition) is 5. The number of allylic oxidation sites excluding steroid dienone is 4. The van der Waals surface area contributed by atoms with Crippen LogP contribution in [0.15, 0.2) is 36.0 Å². The molecule has 6 heteroatoms. The molecule has 0 aromatic rings. The Morgan fingerprint density at radius 3 is 2.52 bits per heavy atom. The van der Waals surface area contributed by atoms with E-state index in [1.165, 1.54) is 18.2 Å². The highest BCUT2D eigenvalue weighted by Gasteiger charge is 2.69. The SMILES string of the molecule is CC1(C)CCC[C@@]2(C)[C@H]1[C@H](C(=O)/C=C/C=C/C(=O)O)C=C1COC(=O)[C@@]12O. The minimum Gasteiger partial charge on any atom is -0.478 e. The maximum atomic E-state index is 13.0. The second-order valence-electron chi connectivity index (χ2n) is 8.70. The number of esters is 1. The summed E-state index contributed by atoms with van der Waals surface area (Å²) in [5.41, 5.74) is -2.26. The summed E-state index contributed by atoms with van der Waals surface area (Å²) in [5, 5.41) is 20.0. The Morgan fingerprint density at radius 1 is 1.19 bits per heavy atom. The van der Waals surface area contributed by atoms with Gasteiger partial charge in [-0.15, -0.1) is 0 Å². The number of carbonyl (C=O) groups excluding carboxylic acids is 2. The summed E-state index contributed by atoms with van der Waals surface area (Å²) in [5.74, 6) is -2.60. The van der Waals surface area contributed by atoms with E-state index in [1.54, 1.807) is 6.08 Å². The van der Waals surface area contributed by atoms with Gasteiger partial charge in [-0.2, -0.15) is 0 Å². The number of ketones is 1. The van der Waals surface area contributed by atoms with Gasteiger partial charge in [0, 0.05) is 23.0 Å². The molecule has 2 aliphatic carbocycles. The number of ether oxygens (including phenoxy) is 1. The van der Waals surface area contributed by atoms with Crippen molar-refractivity contribution in [1.82, 2.24) is 0 Å². The van der Waals surface area contributed by atoms with Gasteiger partial charge in [0.25, 0.3) is 0 Å². The largest absolute Gasteiger partial charge is 0.478 e. The summed E-state index contributed by atoms with van der Waals surface area (Å²) in [7, 11) is 0. The summed E-state index contributed by atoms with van der Waals surface area (Å²) in [4.78, 5) is 36.0. The molecule has 0 aromatic carbocycles. The van der Waals surface area contributed by atoms with Gasteiger partial charge in [0.2, 0.25) is 0 Å². The Morgan fingerprint density at radius 2 is 1.85 bits per heavy atom. The van der Waals surface area contributed by atoms with Crippen LogP contribution in [0, 0.1) is 22.7 Å². The number of aliphatic carboxylic acids is 1. The predicted molar refractivity (Wildman–Crippen MR) is 97.6 cm³/mol. The monoisotopic (exact) mass is 374 g/mol. The third-order valence-corrected chi connectivity index (χ3v) is 6.67. The lowest BCUT2D eigenvalue weighted by atomic mass is 9.44. The maximum Gasteiger partial charge on any atom is 0.343 e. The van der Waals surface area contributed by atoms with E-state index in [-0.39, 0.29) is 23.7 Å². The van der Waals surface area contributed by atoms with Crippen molar-refractivity contribution in [1.29, 1.82) is 0 Å². The number of fused-ring (bicyclic) bond motifs is 3. The van der Waals surface area contributed by atoms with Gasteiger partial charge in [-0.1, -0.05) is 45.4 Å².